The molecule has 1 amide bonds. The molecular formula is C15H15NO2S. The molecule has 0 heterocycles. The second-order valence-corrected chi connectivity index (χ2v) is 4.61. The molecule has 0 saturated heterocycles. The second-order valence-electron chi connectivity index (χ2n) is 4.09. The molecule has 0 radical (unpaired) electrons. The Bertz CT molecular complexity index is 584. The van der Waals surface area contributed by atoms with Crippen LogP contribution in [0.5, 0.6) is 0 Å². The number of carbonyl (C=O) groups excluding carboxylic acids is 1. The zero-order chi connectivity index (χ0) is 13.7. The number of nitrogens with one attached hydrogen (secondary N) is 1. The lowest BCUT2D eigenvalue weighted by Gasteiger charge is -2.10. The van der Waals surface area contributed by atoms with Crippen molar-refractivity contribution in [2.45, 2.75) is 11.5 Å². The van der Waals surface area contributed by atoms with Crippen molar-refractivity contribution in [1.29, 1.82) is 0 Å². The molecule has 0 aliphatic rings. The Morgan fingerprint density at radius 1 is 1.21 bits per heavy atom. The van der Waals surface area contributed by atoms with E-state index >= 15 is 0 Å². The average Bonchev–Trinajstić information content (AvgIpc) is 2.41. The third kappa shape index (κ3) is 3.59. The minimum absolute atomic E-state index is 0.153. The van der Waals surface area contributed by atoms with Crippen molar-refractivity contribution in [2.24, 2.45) is 0 Å². The Balaban J connectivity index is 2.19. The van der Waals surface area contributed by atoms with Gasteiger partial charge in [-0.2, -0.15) is 0 Å². The second kappa shape index (κ2) is 6.41. The molecule has 4 heteroatoms. The minimum atomic E-state index is -0.153. The largest absolute Gasteiger partial charge is 0.380 e. The number of para-hydroxylation sites is 1. The van der Waals surface area contributed by atoms with Crippen LogP contribution in [-0.2, 0) is 11.3 Å². The standard InChI is InChI=1S/C15H15NO2S/c1-18-10-12-5-2-3-8-14(12)16-15(17)11-6-4-7-13(19)9-11/h2-9,19H,10H2,1H3,(H,16,17). The van der Waals surface area contributed by atoms with Gasteiger partial charge in [0.15, 0.2) is 0 Å². The molecule has 0 bridgehead atoms. The van der Waals surface area contributed by atoms with E-state index in [0.717, 1.165) is 16.1 Å². The molecule has 2 aromatic carbocycles. The molecule has 0 atom stereocenters. The summed E-state index contributed by atoms with van der Waals surface area (Å²) in [6.07, 6.45) is 0. The van der Waals surface area contributed by atoms with Crippen molar-refractivity contribution in [3.05, 3.63) is 59.7 Å². The van der Waals surface area contributed by atoms with Crippen LogP contribution in [0.3, 0.4) is 0 Å². The predicted molar refractivity (Wildman–Crippen MR) is 78.8 cm³/mol. The first-order valence-electron chi connectivity index (χ1n) is 5.88. The number of methoxy groups -OCH3 is 1. The highest BCUT2D eigenvalue weighted by Crippen LogP contribution is 2.17. The van der Waals surface area contributed by atoms with Crippen molar-refractivity contribution in [3.8, 4) is 0 Å². The summed E-state index contributed by atoms with van der Waals surface area (Å²) in [5.41, 5.74) is 2.29. The van der Waals surface area contributed by atoms with Crippen LogP contribution in [0.1, 0.15) is 15.9 Å². The number of rotatable bonds is 4. The number of ether oxygens (including phenoxy) is 1. The highest BCUT2D eigenvalue weighted by atomic mass is 32.1. The predicted octanol–water partition coefficient (Wildman–Crippen LogP) is 3.37. The number of hydrogen-bond donors (Lipinski definition) is 2. The van der Waals surface area contributed by atoms with Crippen molar-refractivity contribution in [1.82, 2.24) is 0 Å². The average molecular weight is 273 g/mol. The van der Waals surface area contributed by atoms with E-state index in [2.05, 4.69) is 17.9 Å². The number of carbonyl (C=O) groups is 1. The van der Waals surface area contributed by atoms with Crippen LogP contribution in [0.4, 0.5) is 5.69 Å². The molecule has 2 aromatic rings. The summed E-state index contributed by atoms with van der Waals surface area (Å²) in [5, 5.41) is 2.89. The lowest BCUT2D eigenvalue weighted by molar-refractivity contribution is 0.102. The normalized spacial score (nSPS) is 10.2. The van der Waals surface area contributed by atoms with Gasteiger partial charge in [-0.05, 0) is 24.3 Å². The minimum Gasteiger partial charge on any atom is -0.380 e. The summed E-state index contributed by atoms with van der Waals surface area (Å²) in [7, 11) is 1.63. The SMILES string of the molecule is COCc1ccccc1NC(=O)c1cccc(S)c1. The number of thiol groups is 1. The monoisotopic (exact) mass is 273 g/mol. The molecule has 2 rings (SSSR count). The van der Waals surface area contributed by atoms with Crippen molar-refractivity contribution >= 4 is 24.2 Å². The Morgan fingerprint density at radius 2 is 2.00 bits per heavy atom. The summed E-state index contributed by atoms with van der Waals surface area (Å²) in [6, 6.07) is 14.7. The first kappa shape index (κ1) is 13.6. The number of benzene rings is 2. The fourth-order valence-corrected chi connectivity index (χ4v) is 1.99. The third-order valence-electron chi connectivity index (χ3n) is 2.67. The van der Waals surface area contributed by atoms with E-state index in [9.17, 15) is 4.79 Å². The first-order valence-corrected chi connectivity index (χ1v) is 6.32. The molecule has 0 fully saturated rings. The summed E-state index contributed by atoms with van der Waals surface area (Å²) in [6.45, 7) is 0.461. The van der Waals surface area contributed by atoms with Gasteiger partial charge in [-0.15, -0.1) is 12.6 Å². The molecule has 3 nitrogen and oxygen atoms in total. The molecule has 0 aliphatic carbocycles. The van der Waals surface area contributed by atoms with E-state index < -0.39 is 0 Å². The summed E-state index contributed by atoms with van der Waals surface area (Å²) in [5.74, 6) is -0.153. The van der Waals surface area contributed by atoms with Crippen LogP contribution < -0.4 is 5.32 Å². The highest BCUT2D eigenvalue weighted by molar-refractivity contribution is 7.80. The maximum absolute atomic E-state index is 12.1. The van der Waals surface area contributed by atoms with Crippen LogP contribution >= 0.6 is 12.6 Å². The van der Waals surface area contributed by atoms with E-state index in [0.29, 0.717) is 12.2 Å². The number of anilines is 1. The van der Waals surface area contributed by atoms with E-state index in [1.807, 2.05) is 30.3 Å². The number of amides is 1. The third-order valence-corrected chi connectivity index (χ3v) is 2.95. The molecular weight excluding hydrogens is 258 g/mol. The lowest BCUT2D eigenvalue weighted by Crippen LogP contribution is -2.13. The van der Waals surface area contributed by atoms with Gasteiger partial charge in [0, 0.05) is 28.8 Å². The number of hydrogen-bond acceptors (Lipinski definition) is 3. The first-order chi connectivity index (χ1) is 9.20. The molecule has 0 aromatic heterocycles. The van der Waals surface area contributed by atoms with Gasteiger partial charge in [-0.1, -0.05) is 24.3 Å². The van der Waals surface area contributed by atoms with Crippen LogP contribution in [0.25, 0.3) is 0 Å². The molecule has 0 saturated carbocycles. The van der Waals surface area contributed by atoms with Gasteiger partial charge in [0.25, 0.3) is 5.91 Å². The van der Waals surface area contributed by atoms with Gasteiger partial charge in [-0.3, -0.25) is 4.79 Å². The summed E-state index contributed by atoms with van der Waals surface area (Å²) < 4.78 is 5.11. The highest BCUT2D eigenvalue weighted by Gasteiger charge is 2.08. The van der Waals surface area contributed by atoms with Gasteiger partial charge in [0.05, 0.1) is 6.61 Å². The zero-order valence-electron chi connectivity index (χ0n) is 10.6. The van der Waals surface area contributed by atoms with Crippen molar-refractivity contribution in [3.63, 3.8) is 0 Å². The van der Waals surface area contributed by atoms with Crippen LogP contribution in [-0.4, -0.2) is 13.0 Å². The topological polar surface area (TPSA) is 38.3 Å². The smallest absolute Gasteiger partial charge is 0.255 e. The molecule has 1 N–H and O–H groups in total. The van der Waals surface area contributed by atoms with E-state index in [-0.39, 0.29) is 5.91 Å². The van der Waals surface area contributed by atoms with Gasteiger partial charge >= 0.3 is 0 Å². The fraction of sp³-hybridized carbons (Fsp3) is 0.133. The van der Waals surface area contributed by atoms with Crippen LogP contribution in [0.2, 0.25) is 0 Å². The van der Waals surface area contributed by atoms with Gasteiger partial charge < -0.3 is 10.1 Å². The van der Waals surface area contributed by atoms with E-state index in [1.54, 1.807) is 25.3 Å². The Kier molecular flexibility index (Phi) is 4.60. The molecule has 19 heavy (non-hydrogen) atoms. The van der Waals surface area contributed by atoms with Gasteiger partial charge in [0.1, 0.15) is 0 Å². The molecule has 0 aliphatic heterocycles. The maximum Gasteiger partial charge on any atom is 0.255 e. The van der Waals surface area contributed by atoms with Gasteiger partial charge in [0.2, 0.25) is 0 Å². The zero-order valence-corrected chi connectivity index (χ0v) is 11.5. The molecule has 0 spiro atoms. The van der Waals surface area contributed by atoms with Crippen molar-refractivity contribution in [2.75, 3.05) is 12.4 Å². The summed E-state index contributed by atoms with van der Waals surface area (Å²) >= 11 is 4.23. The maximum atomic E-state index is 12.1. The van der Waals surface area contributed by atoms with Crippen molar-refractivity contribution < 1.29 is 9.53 Å². The quantitative estimate of drug-likeness (QED) is 0.838. The van der Waals surface area contributed by atoms with E-state index in [1.165, 1.54) is 0 Å². The molecule has 0 unspecified atom stereocenters. The molecule has 98 valence electrons. The van der Waals surface area contributed by atoms with Gasteiger partial charge in [-0.25, -0.2) is 0 Å². The van der Waals surface area contributed by atoms with Crippen LogP contribution in [0.15, 0.2) is 53.4 Å². The summed E-state index contributed by atoms with van der Waals surface area (Å²) in [4.78, 5) is 12.9. The Hall–Kier alpha value is -1.78. The van der Waals surface area contributed by atoms with Crippen LogP contribution in [0, 0.1) is 0 Å². The Labute approximate surface area is 118 Å². The fourth-order valence-electron chi connectivity index (χ4n) is 1.77. The van der Waals surface area contributed by atoms with E-state index in [4.69, 9.17) is 4.74 Å². The lowest BCUT2D eigenvalue weighted by atomic mass is 10.1. The Morgan fingerprint density at radius 3 is 2.74 bits per heavy atom.